The fourth-order valence-corrected chi connectivity index (χ4v) is 2.73. The number of carboxylic acids is 1. The zero-order valence-corrected chi connectivity index (χ0v) is 12.9. The third-order valence-electron chi connectivity index (χ3n) is 3.92. The van der Waals surface area contributed by atoms with E-state index in [2.05, 4.69) is 19.9 Å². The standard InChI is InChI=1S/C18H28O2/c1-3-4-5-6-7-8-11-15(2)17-13-10-9-12-16(17)14-18(19)20/h9-10,12-13,15H,3-8,11,14H2,1-2H3,(H,19,20)/t15-/m0/s1. The van der Waals surface area contributed by atoms with Crippen LogP contribution in [0.15, 0.2) is 24.3 Å². The number of unbranched alkanes of at least 4 members (excludes halogenated alkanes) is 5. The zero-order valence-electron chi connectivity index (χ0n) is 12.9. The summed E-state index contributed by atoms with van der Waals surface area (Å²) in [5.41, 5.74) is 2.18. The predicted molar refractivity (Wildman–Crippen MR) is 84.2 cm³/mol. The minimum absolute atomic E-state index is 0.136. The molecule has 0 amide bonds. The lowest BCUT2D eigenvalue weighted by Gasteiger charge is -2.15. The van der Waals surface area contributed by atoms with Crippen LogP contribution < -0.4 is 0 Å². The molecule has 1 rings (SSSR count). The predicted octanol–water partition coefficient (Wildman–Crippen LogP) is 5.17. The molecule has 0 aliphatic heterocycles. The van der Waals surface area contributed by atoms with E-state index in [9.17, 15) is 4.79 Å². The molecule has 0 spiro atoms. The maximum Gasteiger partial charge on any atom is 0.307 e. The van der Waals surface area contributed by atoms with Crippen molar-refractivity contribution in [3.8, 4) is 0 Å². The molecule has 0 saturated heterocycles. The quantitative estimate of drug-likeness (QED) is 0.599. The van der Waals surface area contributed by atoms with E-state index >= 15 is 0 Å². The molecule has 0 aliphatic carbocycles. The van der Waals surface area contributed by atoms with E-state index in [1.807, 2.05) is 18.2 Å². The molecule has 0 aliphatic rings. The molecule has 0 unspecified atom stereocenters. The zero-order chi connectivity index (χ0) is 14.8. The van der Waals surface area contributed by atoms with Gasteiger partial charge in [-0.25, -0.2) is 0 Å². The van der Waals surface area contributed by atoms with Gasteiger partial charge in [-0.15, -0.1) is 0 Å². The number of rotatable bonds is 10. The lowest BCUT2D eigenvalue weighted by atomic mass is 9.90. The first-order valence-electron chi connectivity index (χ1n) is 7.94. The maximum absolute atomic E-state index is 10.9. The third kappa shape index (κ3) is 6.23. The monoisotopic (exact) mass is 276 g/mol. The first-order valence-corrected chi connectivity index (χ1v) is 7.94. The molecule has 1 N–H and O–H groups in total. The van der Waals surface area contributed by atoms with Gasteiger partial charge in [0, 0.05) is 0 Å². The van der Waals surface area contributed by atoms with Crippen LogP contribution in [0.4, 0.5) is 0 Å². The van der Waals surface area contributed by atoms with Gasteiger partial charge in [-0.05, 0) is 23.5 Å². The van der Waals surface area contributed by atoms with Gasteiger partial charge in [0.2, 0.25) is 0 Å². The number of carbonyl (C=O) groups is 1. The second-order valence-electron chi connectivity index (χ2n) is 5.73. The van der Waals surface area contributed by atoms with Crippen LogP contribution in [-0.2, 0) is 11.2 Å². The van der Waals surface area contributed by atoms with Crippen molar-refractivity contribution in [1.29, 1.82) is 0 Å². The Morgan fingerprint density at radius 2 is 1.75 bits per heavy atom. The Balaban J connectivity index is 2.42. The Morgan fingerprint density at radius 1 is 1.10 bits per heavy atom. The van der Waals surface area contributed by atoms with Gasteiger partial charge in [0.05, 0.1) is 6.42 Å². The van der Waals surface area contributed by atoms with E-state index in [-0.39, 0.29) is 6.42 Å². The van der Waals surface area contributed by atoms with Crippen LogP contribution >= 0.6 is 0 Å². The van der Waals surface area contributed by atoms with Gasteiger partial charge in [0.25, 0.3) is 0 Å². The van der Waals surface area contributed by atoms with E-state index in [1.54, 1.807) is 0 Å². The highest BCUT2D eigenvalue weighted by atomic mass is 16.4. The van der Waals surface area contributed by atoms with Gasteiger partial charge in [0.1, 0.15) is 0 Å². The average molecular weight is 276 g/mol. The van der Waals surface area contributed by atoms with Crippen molar-refractivity contribution in [1.82, 2.24) is 0 Å². The van der Waals surface area contributed by atoms with Crippen LogP contribution in [0.3, 0.4) is 0 Å². The summed E-state index contributed by atoms with van der Waals surface area (Å²) >= 11 is 0. The lowest BCUT2D eigenvalue weighted by molar-refractivity contribution is -0.136. The SMILES string of the molecule is CCCCCCCC[C@H](C)c1ccccc1CC(=O)O. The van der Waals surface area contributed by atoms with Crippen molar-refractivity contribution in [2.75, 3.05) is 0 Å². The summed E-state index contributed by atoms with van der Waals surface area (Å²) in [6.07, 6.45) is 9.14. The molecule has 0 fully saturated rings. The van der Waals surface area contributed by atoms with E-state index < -0.39 is 5.97 Å². The fourth-order valence-electron chi connectivity index (χ4n) is 2.73. The molecule has 1 aromatic carbocycles. The smallest absolute Gasteiger partial charge is 0.307 e. The molecule has 0 bridgehead atoms. The van der Waals surface area contributed by atoms with Crippen LogP contribution in [0.25, 0.3) is 0 Å². The van der Waals surface area contributed by atoms with Gasteiger partial charge in [-0.3, -0.25) is 4.79 Å². The van der Waals surface area contributed by atoms with Crippen molar-refractivity contribution in [3.63, 3.8) is 0 Å². The highest BCUT2D eigenvalue weighted by molar-refractivity contribution is 5.70. The largest absolute Gasteiger partial charge is 0.481 e. The van der Waals surface area contributed by atoms with Gasteiger partial charge in [-0.2, -0.15) is 0 Å². The van der Waals surface area contributed by atoms with E-state index in [0.717, 1.165) is 12.0 Å². The van der Waals surface area contributed by atoms with Crippen molar-refractivity contribution < 1.29 is 9.90 Å². The van der Waals surface area contributed by atoms with E-state index in [0.29, 0.717) is 5.92 Å². The minimum Gasteiger partial charge on any atom is -0.481 e. The van der Waals surface area contributed by atoms with Crippen LogP contribution in [0.1, 0.15) is 75.8 Å². The molecule has 0 aromatic heterocycles. The van der Waals surface area contributed by atoms with Crippen LogP contribution in [0.5, 0.6) is 0 Å². The van der Waals surface area contributed by atoms with Crippen LogP contribution in [-0.4, -0.2) is 11.1 Å². The summed E-state index contributed by atoms with van der Waals surface area (Å²) in [4.78, 5) is 10.9. The number of hydrogen-bond acceptors (Lipinski definition) is 1. The Kier molecular flexibility index (Phi) is 8.01. The maximum atomic E-state index is 10.9. The number of carboxylic acid groups (broad SMARTS) is 1. The number of benzene rings is 1. The lowest BCUT2D eigenvalue weighted by Crippen LogP contribution is -2.05. The van der Waals surface area contributed by atoms with Crippen LogP contribution in [0.2, 0.25) is 0 Å². The highest BCUT2D eigenvalue weighted by Crippen LogP contribution is 2.25. The molecule has 20 heavy (non-hydrogen) atoms. The molecule has 1 atom stereocenters. The van der Waals surface area contributed by atoms with Gasteiger partial charge < -0.3 is 5.11 Å². The topological polar surface area (TPSA) is 37.3 Å². The fraction of sp³-hybridized carbons (Fsp3) is 0.611. The second-order valence-corrected chi connectivity index (χ2v) is 5.73. The molecule has 2 heteroatoms. The molecule has 2 nitrogen and oxygen atoms in total. The summed E-state index contributed by atoms with van der Waals surface area (Å²) in [6.45, 7) is 4.45. The molecular formula is C18H28O2. The first-order chi connectivity index (χ1) is 9.65. The highest BCUT2D eigenvalue weighted by Gasteiger charge is 2.12. The number of aliphatic carboxylic acids is 1. The molecular weight excluding hydrogens is 248 g/mol. The van der Waals surface area contributed by atoms with E-state index in [1.165, 1.54) is 44.1 Å². The van der Waals surface area contributed by atoms with Crippen molar-refractivity contribution in [3.05, 3.63) is 35.4 Å². The summed E-state index contributed by atoms with van der Waals surface area (Å²) < 4.78 is 0. The Labute approximate surface area is 123 Å². The summed E-state index contributed by atoms with van der Waals surface area (Å²) in [6, 6.07) is 7.97. The van der Waals surface area contributed by atoms with Crippen molar-refractivity contribution >= 4 is 5.97 Å². The van der Waals surface area contributed by atoms with Crippen LogP contribution in [0, 0.1) is 0 Å². The Bertz CT molecular complexity index is 398. The number of hydrogen-bond donors (Lipinski definition) is 1. The molecule has 1 aromatic rings. The normalized spacial score (nSPS) is 12.3. The van der Waals surface area contributed by atoms with Gasteiger partial charge >= 0.3 is 5.97 Å². The minimum atomic E-state index is -0.746. The second kappa shape index (κ2) is 9.57. The van der Waals surface area contributed by atoms with Gasteiger partial charge in [-0.1, -0.05) is 76.6 Å². The van der Waals surface area contributed by atoms with Crippen molar-refractivity contribution in [2.45, 2.75) is 71.1 Å². The summed E-state index contributed by atoms with van der Waals surface area (Å²) in [5, 5.41) is 8.97. The molecule has 0 radical (unpaired) electrons. The summed E-state index contributed by atoms with van der Waals surface area (Å²) in [5.74, 6) is -0.291. The van der Waals surface area contributed by atoms with E-state index in [4.69, 9.17) is 5.11 Å². The molecule has 112 valence electrons. The molecule has 0 heterocycles. The molecule has 0 saturated carbocycles. The van der Waals surface area contributed by atoms with Crippen molar-refractivity contribution in [2.24, 2.45) is 0 Å². The average Bonchev–Trinajstić information content (AvgIpc) is 2.42. The third-order valence-corrected chi connectivity index (χ3v) is 3.92. The Hall–Kier alpha value is -1.31. The van der Waals surface area contributed by atoms with Gasteiger partial charge in [0.15, 0.2) is 0 Å². The Morgan fingerprint density at radius 3 is 2.45 bits per heavy atom. The first kappa shape index (κ1) is 16.7. The summed E-state index contributed by atoms with van der Waals surface area (Å²) in [7, 11) is 0.